The summed E-state index contributed by atoms with van der Waals surface area (Å²) in [5, 5.41) is 0. The highest BCUT2D eigenvalue weighted by atomic mass is 32.2. The second kappa shape index (κ2) is 4.42. The summed E-state index contributed by atoms with van der Waals surface area (Å²) in [6.45, 7) is 4.13. The van der Waals surface area contributed by atoms with Gasteiger partial charge in [0.2, 0.25) is 0 Å². The lowest BCUT2D eigenvalue weighted by Gasteiger charge is -2.33. The van der Waals surface area contributed by atoms with Crippen molar-refractivity contribution in [1.29, 1.82) is 0 Å². The molecule has 1 heterocycles. The highest BCUT2D eigenvalue weighted by Crippen LogP contribution is 2.43. The van der Waals surface area contributed by atoms with Gasteiger partial charge in [0.05, 0.1) is 10.6 Å². The van der Waals surface area contributed by atoms with Crippen LogP contribution in [-0.4, -0.2) is 20.5 Å². The fourth-order valence-corrected chi connectivity index (χ4v) is 5.26. The molecule has 0 spiro atoms. The number of fused-ring (bicyclic) bond motifs is 1. The van der Waals surface area contributed by atoms with Crippen molar-refractivity contribution in [2.24, 2.45) is 5.92 Å². The smallest absolute Gasteiger partial charge is 0.178 e. The maximum atomic E-state index is 12.5. The maximum Gasteiger partial charge on any atom is 0.178 e. The summed E-state index contributed by atoms with van der Waals surface area (Å²) in [5.74, 6) is 0.812. The Balaban J connectivity index is 2.26. The Kier molecular flexibility index (Phi) is 3.05. The molecule has 1 saturated carbocycles. The first-order valence-electron chi connectivity index (χ1n) is 7.19. The maximum absolute atomic E-state index is 12.5. The zero-order valence-electron chi connectivity index (χ0n) is 12.0. The predicted octanol–water partition coefficient (Wildman–Crippen LogP) is 2.91. The van der Waals surface area contributed by atoms with E-state index in [9.17, 15) is 13.2 Å². The van der Waals surface area contributed by atoms with Gasteiger partial charge >= 0.3 is 0 Å². The minimum Gasteiger partial charge on any atom is -0.298 e. The van der Waals surface area contributed by atoms with Crippen LogP contribution in [0.3, 0.4) is 0 Å². The number of carbonyl (C=O) groups excluding carboxylic acids is 1. The van der Waals surface area contributed by atoms with Gasteiger partial charge in [-0.15, -0.1) is 0 Å². The number of rotatable bonds is 3. The van der Waals surface area contributed by atoms with Gasteiger partial charge in [-0.25, -0.2) is 8.42 Å². The van der Waals surface area contributed by atoms with Crippen molar-refractivity contribution in [3.05, 3.63) is 28.8 Å². The van der Waals surface area contributed by atoms with Gasteiger partial charge in [-0.1, -0.05) is 13.8 Å². The number of sulfone groups is 1. The van der Waals surface area contributed by atoms with E-state index in [2.05, 4.69) is 13.8 Å². The van der Waals surface area contributed by atoms with Crippen molar-refractivity contribution in [3.8, 4) is 0 Å². The van der Waals surface area contributed by atoms with Crippen LogP contribution in [0.1, 0.15) is 54.6 Å². The monoisotopic (exact) mass is 292 g/mol. The minimum atomic E-state index is -3.20. The van der Waals surface area contributed by atoms with Gasteiger partial charge in [0, 0.05) is 5.56 Å². The molecule has 4 heteroatoms. The Labute approximate surface area is 120 Å². The number of aldehydes is 1. The Morgan fingerprint density at radius 3 is 2.60 bits per heavy atom. The summed E-state index contributed by atoms with van der Waals surface area (Å²) in [7, 11) is -3.20. The van der Waals surface area contributed by atoms with E-state index < -0.39 is 9.84 Å². The van der Waals surface area contributed by atoms with Gasteiger partial charge in [0.1, 0.15) is 6.29 Å². The van der Waals surface area contributed by atoms with Crippen molar-refractivity contribution >= 4 is 16.1 Å². The molecule has 1 aliphatic carbocycles. The summed E-state index contributed by atoms with van der Waals surface area (Å²) >= 11 is 0. The minimum absolute atomic E-state index is 0.183. The molecular formula is C16H20O3S. The third kappa shape index (κ3) is 2.30. The molecule has 0 bridgehead atoms. The molecule has 1 aromatic rings. The SMILES string of the molecule is CC1(C)CCS(=O)(=O)c2c(CC3CC3)cc(C=O)cc21. The summed E-state index contributed by atoms with van der Waals surface area (Å²) in [6, 6.07) is 3.55. The van der Waals surface area contributed by atoms with Crippen molar-refractivity contribution in [3.63, 3.8) is 0 Å². The van der Waals surface area contributed by atoms with Crippen molar-refractivity contribution in [2.75, 3.05) is 5.75 Å². The lowest BCUT2D eigenvalue weighted by atomic mass is 9.80. The normalized spacial score (nSPS) is 23.1. The largest absolute Gasteiger partial charge is 0.298 e. The van der Waals surface area contributed by atoms with Crippen molar-refractivity contribution in [1.82, 2.24) is 0 Å². The van der Waals surface area contributed by atoms with Crippen LogP contribution < -0.4 is 0 Å². The Morgan fingerprint density at radius 1 is 1.30 bits per heavy atom. The first-order valence-corrected chi connectivity index (χ1v) is 8.84. The molecular weight excluding hydrogens is 272 g/mol. The molecule has 108 valence electrons. The molecule has 1 aromatic carbocycles. The van der Waals surface area contributed by atoms with Crippen LogP contribution in [0.15, 0.2) is 17.0 Å². The van der Waals surface area contributed by atoms with Crippen LogP contribution in [0, 0.1) is 5.92 Å². The third-order valence-corrected chi connectivity index (χ3v) is 6.41. The molecule has 3 nitrogen and oxygen atoms in total. The quantitative estimate of drug-likeness (QED) is 0.805. The highest BCUT2D eigenvalue weighted by molar-refractivity contribution is 7.91. The average molecular weight is 292 g/mol. The molecule has 1 fully saturated rings. The number of carbonyl (C=O) groups is 1. The van der Waals surface area contributed by atoms with Crippen molar-refractivity contribution in [2.45, 2.75) is 49.8 Å². The molecule has 2 aliphatic rings. The second-order valence-corrected chi connectivity index (χ2v) is 8.82. The van der Waals surface area contributed by atoms with Crippen molar-refractivity contribution < 1.29 is 13.2 Å². The van der Waals surface area contributed by atoms with Crippen LogP contribution in [0.4, 0.5) is 0 Å². The van der Waals surface area contributed by atoms with Gasteiger partial charge in [0.25, 0.3) is 0 Å². The molecule has 0 amide bonds. The molecule has 0 radical (unpaired) electrons. The van der Waals surface area contributed by atoms with Crippen LogP contribution in [0.25, 0.3) is 0 Å². The molecule has 3 rings (SSSR count). The second-order valence-electron chi connectivity index (χ2n) is 6.77. The molecule has 0 aromatic heterocycles. The van der Waals surface area contributed by atoms with Gasteiger partial charge in [-0.3, -0.25) is 4.79 Å². The van der Waals surface area contributed by atoms with Crippen LogP contribution in [-0.2, 0) is 21.7 Å². The zero-order valence-corrected chi connectivity index (χ0v) is 12.8. The lowest BCUT2D eigenvalue weighted by molar-refractivity contribution is 0.112. The van der Waals surface area contributed by atoms with Crippen LogP contribution >= 0.6 is 0 Å². The van der Waals surface area contributed by atoms with E-state index >= 15 is 0 Å². The van der Waals surface area contributed by atoms with Gasteiger partial charge in [-0.2, -0.15) is 0 Å². The van der Waals surface area contributed by atoms with E-state index in [4.69, 9.17) is 0 Å². The Bertz CT molecular complexity index is 667. The van der Waals surface area contributed by atoms with Crippen LogP contribution in [0.2, 0.25) is 0 Å². The Morgan fingerprint density at radius 2 is 2.00 bits per heavy atom. The van der Waals surface area contributed by atoms with Gasteiger partial charge < -0.3 is 0 Å². The summed E-state index contributed by atoms with van der Waals surface area (Å²) < 4.78 is 25.0. The topological polar surface area (TPSA) is 51.2 Å². The van der Waals surface area contributed by atoms with E-state index in [-0.39, 0.29) is 11.2 Å². The summed E-state index contributed by atoms with van der Waals surface area (Å²) in [5.41, 5.74) is 2.12. The Hall–Kier alpha value is -1.16. The van der Waals surface area contributed by atoms with E-state index in [1.807, 2.05) is 0 Å². The number of hydrogen-bond acceptors (Lipinski definition) is 3. The molecule has 0 saturated heterocycles. The summed E-state index contributed by atoms with van der Waals surface area (Å²) in [6.07, 6.45) is 4.58. The van der Waals surface area contributed by atoms with E-state index in [1.54, 1.807) is 12.1 Å². The highest BCUT2D eigenvalue weighted by Gasteiger charge is 2.38. The predicted molar refractivity (Wildman–Crippen MR) is 78.0 cm³/mol. The standard InChI is InChI=1S/C16H20O3S/c1-16(2)5-6-20(18,19)15-13(7-11-3-4-11)8-12(10-17)9-14(15)16/h8-11H,3-7H2,1-2H3. The molecule has 0 N–H and O–H groups in total. The number of hydrogen-bond donors (Lipinski definition) is 0. The van der Waals surface area contributed by atoms with Crippen LogP contribution in [0.5, 0.6) is 0 Å². The van der Waals surface area contributed by atoms with E-state index in [0.717, 1.165) is 23.8 Å². The molecule has 20 heavy (non-hydrogen) atoms. The van der Waals surface area contributed by atoms with E-state index in [0.29, 0.717) is 22.8 Å². The van der Waals surface area contributed by atoms with Gasteiger partial charge in [0.15, 0.2) is 9.84 Å². The first-order chi connectivity index (χ1) is 9.33. The fourth-order valence-electron chi connectivity index (χ4n) is 3.06. The molecule has 0 atom stereocenters. The molecule has 1 aliphatic heterocycles. The third-order valence-electron chi connectivity index (χ3n) is 4.57. The molecule has 0 unspecified atom stereocenters. The van der Waals surface area contributed by atoms with E-state index in [1.165, 1.54) is 12.8 Å². The first kappa shape index (κ1) is 13.8. The zero-order chi connectivity index (χ0) is 14.5. The number of benzene rings is 1. The lowest BCUT2D eigenvalue weighted by Crippen LogP contribution is -2.31. The fraction of sp³-hybridized carbons (Fsp3) is 0.562. The summed E-state index contributed by atoms with van der Waals surface area (Å²) in [4.78, 5) is 11.7. The average Bonchev–Trinajstić information content (AvgIpc) is 3.18. The van der Waals surface area contributed by atoms with Gasteiger partial charge in [-0.05, 0) is 60.3 Å².